The monoisotopic (exact) mass is 662 g/mol. The van der Waals surface area contributed by atoms with E-state index >= 15 is 0 Å². The maximum atomic E-state index is 12.5. The Bertz CT molecular complexity index is 1250. The lowest BCUT2D eigenvalue weighted by atomic mass is 10.2. The van der Waals surface area contributed by atoms with Crippen molar-refractivity contribution in [2.24, 2.45) is 0 Å². The van der Waals surface area contributed by atoms with Crippen LogP contribution in [0, 0.1) is 0 Å². The summed E-state index contributed by atoms with van der Waals surface area (Å²) in [4.78, 5) is 24.8. The number of fused-ring (bicyclic) bond motifs is 2. The number of hydrogen-bond acceptors (Lipinski definition) is 14. The minimum atomic E-state index is -0.776. The second kappa shape index (κ2) is 21.8. The van der Waals surface area contributed by atoms with E-state index in [2.05, 4.69) is 0 Å². The van der Waals surface area contributed by atoms with Crippen molar-refractivity contribution < 1.29 is 66.4 Å². The van der Waals surface area contributed by atoms with Crippen LogP contribution in [-0.2, 0) is 49.4 Å². The van der Waals surface area contributed by atoms with Crippen LogP contribution in [-0.4, -0.2) is 118 Å². The summed E-state index contributed by atoms with van der Waals surface area (Å²) in [6.07, 6.45) is 1.98. The van der Waals surface area contributed by atoms with Gasteiger partial charge in [0, 0.05) is 18.2 Å². The molecule has 2 aromatic carbocycles. The van der Waals surface area contributed by atoms with Gasteiger partial charge in [-0.15, -0.1) is 0 Å². The summed E-state index contributed by atoms with van der Waals surface area (Å²) in [6, 6.07) is 9.92. The summed E-state index contributed by atoms with van der Waals surface area (Å²) in [7, 11) is 0. The highest BCUT2D eigenvalue weighted by Crippen LogP contribution is 2.32. The molecule has 0 fully saturated rings. The van der Waals surface area contributed by atoms with Gasteiger partial charge in [-0.05, 0) is 29.8 Å². The van der Waals surface area contributed by atoms with Crippen LogP contribution in [0.15, 0.2) is 48.6 Å². The minimum Gasteiger partial charge on any atom is -0.487 e. The van der Waals surface area contributed by atoms with E-state index in [4.69, 9.17) is 56.8 Å². The molecule has 0 bridgehead atoms. The van der Waals surface area contributed by atoms with Crippen molar-refractivity contribution in [3.63, 3.8) is 0 Å². The lowest BCUT2D eigenvalue weighted by molar-refractivity contribution is -0.139. The first-order valence-electron chi connectivity index (χ1n) is 15.5. The topological polar surface area (TPSA) is 145 Å². The highest BCUT2D eigenvalue weighted by molar-refractivity contribution is 5.92. The molecule has 0 N–H and O–H groups in total. The van der Waals surface area contributed by atoms with Gasteiger partial charge in [0.2, 0.25) is 0 Å². The molecule has 0 atom stereocenters. The molecular weight excluding hydrogens is 620 g/mol. The molecule has 0 unspecified atom stereocenters. The van der Waals surface area contributed by atoms with Crippen molar-refractivity contribution >= 4 is 11.9 Å². The van der Waals surface area contributed by atoms with Gasteiger partial charge in [0.15, 0.2) is 23.0 Å². The second-order valence-electron chi connectivity index (χ2n) is 9.82. The molecular formula is C33H42O14. The normalized spacial score (nSPS) is 18.0. The predicted octanol–water partition coefficient (Wildman–Crippen LogP) is 2.53. The third kappa shape index (κ3) is 14.6. The molecule has 2 heterocycles. The van der Waals surface area contributed by atoms with Crippen molar-refractivity contribution in [2.45, 2.75) is 6.61 Å². The van der Waals surface area contributed by atoms with E-state index in [-0.39, 0.29) is 19.0 Å². The Morgan fingerprint density at radius 2 is 0.894 bits per heavy atom. The third-order valence-corrected chi connectivity index (χ3v) is 6.31. The zero-order chi connectivity index (χ0) is 32.8. The summed E-state index contributed by atoms with van der Waals surface area (Å²) in [5, 5.41) is 0. The lowest BCUT2D eigenvalue weighted by Gasteiger charge is -2.14. The van der Waals surface area contributed by atoms with Gasteiger partial charge >= 0.3 is 11.9 Å². The molecule has 2 aromatic rings. The van der Waals surface area contributed by atoms with Crippen LogP contribution in [0.4, 0.5) is 0 Å². The van der Waals surface area contributed by atoms with Crippen LogP contribution < -0.4 is 23.7 Å². The number of ether oxygens (including phenoxy) is 12. The summed E-state index contributed by atoms with van der Waals surface area (Å²) >= 11 is 0. The maximum Gasteiger partial charge on any atom is 0.336 e. The fraction of sp³-hybridized carbons (Fsp3) is 0.515. The molecule has 14 nitrogen and oxygen atoms in total. The van der Waals surface area contributed by atoms with Crippen molar-refractivity contribution in [3.8, 4) is 28.7 Å². The molecule has 2 aliphatic heterocycles. The smallest absolute Gasteiger partial charge is 0.336 e. The first-order valence-corrected chi connectivity index (χ1v) is 15.5. The fourth-order valence-electron chi connectivity index (χ4n) is 4.07. The van der Waals surface area contributed by atoms with Gasteiger partial charge < -0.3 is 56.8 Å². The Balaban J connectivity index is 1.26. The molecule has 0 amide bonds. The molecule has 47 heavy (non-hydrogen) atoms. The number of carbonyl (C=O) groups excluding carboxylic acids is 2. The first-order chi connectivity index (χ1) is 23.2. The van der Waals surface area contributed by atoms with E-state index in [1.807, 2.05) is 0 Å². The van der Waals surface area contributed by atoms with Gasteiger partial charge in [-0.3, -0.25) is 0 Å². The molecule has 0 radical (unpaired) electrons. The Morgan fingerprint density at radius 1 is 0.489 bits per heavy atom. The van der Waals surface area contributed by atoms with Crippen LogP contribution in [0.1, 0.15) is 5.56 Å². The first kappa shape index (κ1) is 35.9. The average Bonchev–Trinajstić information content (AvgIpc) is 3.09. The highest BCUT2D eigenvalue weighted by Gasteiger charge is 2.12. The molecule has 0 spiro atoms. The van der Waals surface area contributed by atoms with E-state index < -0.39 is 11.9 Å². The van der Waals surface area contributed by atoms with Crippen LogP contribution in [0.3, 0.4) is 0 Å². The molecule has 14 heteroatoms. The van der Waals surface area contributed by atoms with E-state index in [9.17, 15) is 9.59 Å². The van der Waals surface area contributed by atoms with Crippen molar-refractivity contribution in [1.82, 2.24) is 0 Å². The van der Waals surface area contributed by atoms with Crippen LogP contribution in [0.25, 0.3) is 0 Å². The van der Waals surface area contributed by atoms with Gasteiger partial charge in [-0.25, -0.2) is 9.59 Å². The summed E-state index contributed by atoms with van der Waals surface area (Å²) in [6.45, 7) is 6.25. The van der Waals surface area contributed by atoms with Gasteiger partial charge in [0.1, 0.15) is 38.8 Å². The van der Waals surface area contributed by atoms with E-state index in [1.54, 1.807) is 30.3 Å². The average molecular weight is 663 g/mol. The maximum absolute atomic E-state index is 12.5. The molecule has 0 saturated heterocycles. The van der Waals surface area contributed by atoms with E-state index in [1.165, 1.54) is 6.07 Å². The molecule has 2 aliphatic rings. The molecule has 0 saturated carbocycles. The van der Waals surface area contributed by atoms with Gasteiger partial charge in [0.05, 0.1) is 79.3 Å². The van der Waals surface area contributed by atoms with E-state index in [0.717, 1.165) is 12.2 Å². The summed E-state index contributed by atoms with van der Waals surface area (Å²) < 4.78 is 66.7. The third-order valence-electron chi connectivity index (χ3n) is 6.31. The van der Waals surface area contributed by atoms with Crippen LogP contribution >= 0.6 is 0 Å². The largest absolute Gasteiger partial charge is 0.487 e. The second-order valence-corrected chi connectivity index (χ2v) is 9.82. The Labute approximate surface area is 273 Å². The van der Waals surface area contributed by atoms with Crippen LogP contribution in [0.2, 0.25) is 0 Å². The Kier molecular flexibility index (Phi) is 16.7. The van der Waals surface area contributed by atoms with Crippen molar-refractivity contribution in [1.29, 1.82) is 0 Å². The zero-order valence-corrected chi connectivity index (χ0v) is 26.4. The van der Waals surface area contributed by atoms with Crippen molar-refractivity contribution in [3.05, 3.63) is 54.1 Å². The quantitative estimate of drug-likeness (QED) is 0.263. The summed E-state index contributed by atoms with van der Waals surface area (Å²) in [5.74, 6) is 0.528. The number of carbonyl (C=O) groups is 2. The minimum absolute atomic E-state index is 0.0598. The number of benzene rings is 2. The Morgan fingerprint density at radius 3 is 1.40 bits per heavy atom. The lowest BCUT2D eigenvalue weighted by Crippen LogP contribution is -2.13. The van der Waals surface area contributed by atoms with Crippen LogP contribution in [0.5, 0.6) is 28.7 Å². The van der Waals surface area contributed by atoms with E-state index in [0.29, 0.717) is 128 Å². The fourth-order valence-corrected chi connectivity index (χ4v) is 4.07. The number of rotatable bonds is 5. The predicted molar refractivity (Wildman–Crippen MR) is 164 cm³/mol. The summed E-state index contributed by atoms with van der Waals surface area (Å²) in [5.41, 5.74) is 0.660. The molecule has 0 aliphatic carbocycles. The SMILES string of the molecule is O=C(/C=C\C(=O)Oc1ccc2c(c1)OCCOCCOCCOCCO2)OCc1ccc2c(c1)OCCOCCOCCOCCO2. The highest BCUT2D eigenvalue weighted by atomic mass is 16.6. The number of hydrogen-bond donors (Lipinski definition) is 0. The standard InChI is InChI=1S/C33H42O14/c34-32(46-25-26-1-3-28-30(23-26)44-21-17-40-13-9-36-7-11-38-15-19-42-28)5-6-33(35)47-27-2-4-29-31(24-27)45-22-18-41-14-10-37-8-12-39-16-20-43-29/h1-6,23-24H,7-22,25H2/b6-5-. The number of esters is 2. The Hall–Kier alpha value is -3.92. The zero-order valence-electron chi connectivity index (χ0n) is 26.4. The van der Waals surface area contributed by atoms with Gasteiger partial charge in [-0.2, -0.15) is 0 Å². The van der Waals surface area contributed by atoms with Gasteiger partial charge in [0.25, 0.3) is 0 Å². The molecule has 4 rings (SSSR count). The molecule has 258 valence electrons. The molecule has 0 aromatic heterocycles. The van der Waals surface area contributed by atoms with Crippen molar-refractivity contribution in [2.75, 3.05) is 106 Å². The van der Waals surface area contributed by atoms with Gasteiger partial charge in [-0.1, -0.05) is 6.07 Å².